The van der Waals surface area contributed by atoms with Crippen molar-refractivity contribution in [2.45, 2.75) is 32.4 Å². The van der Waals surface area contributed by atoms with Crippen molar-refractivity contribution in [3.8, 4) is 17.2 Å². The van der Waals surface area contributed by atoms with Gasteiger partial charge in [-0.15, -0.1) is 0 Å². The summed E-state index contributed by atoms with van der Waals surface area (Å²) in [5, 5.41) is 0. The number of ether oxygens (including phenoxy) is 3. The summed E-state index contributed by atoms with van der Waals surface area (Å²) in [6.45, 7) is 6.84. The maximum absolute atomic E-state index is 13.5. The van der Waals surface area contributed by atoms with Gasteiger partial charge in [0.05, 0.1) is 33.8 Å². The average Bonchev–Trinajstić information content (AvgIpc) is 3.22. The van der Waals surface area contributed by atoms with Crippen LogP contribution in [0.5, 0.6) is 17.2 Å². The third-order valence-electron chi connectivity index (χ3n) is 6.93. The zero-order valence-electron chi connectivity index (χ0n) is 21.1. The van der Waals surface area contributed by atoms with Gasteiger partial charge in [-0.25, -0.2) is 0 Å². The summed E-state index contributed by atoms with van der Waals surface area (Å²) in [7, 11) is 4.68. The molecule has 0 aromatic heterocycles. The van der Waals surface area contributed by atoms with E-state index >= 15 is 0 Å². The molecule has 2 aliphatic heterocycles. The Morgan fingerprint density at radius 3 is 2.20 bits per heavy atom. The first-order valence-electron chi connectivity index (χ1n) is 12.2. The Labute approximate surface area is 207 Å². The summed E-state index contributed by atoms with van der Waals surface area (Å²) in [6.07, 6.45) is 1.29. The highest BCUT2D eigenvalue weighted by Crippen LogP contribution is 2.43. The maximum Gasteiger partial charge on any atom is 0.255 e. The second kappa shape index (κ2) is 11.0. The first-order chi connectivity index (χ1) is 17.0. The van der Waals surface area contributed by atoms with Gasteiger partial charge in [0.15, 0.2) is 11.5 Å². The summed E-state index contributed by atoms with van der Waals surface area (Å²) in [5.41, 5.74) is 2.43. The van der Waals surface area contributed by atoms with Crippen molar-refractivity contribution in [1.29, 1.82) is 0 Å². The Morgan fingerprint density at radius 2 is 1.63 bits per heavy atom. The number of hydrogen-bond donors (Lipinski definition) is 0. The van der Waals surface area contributed by atoms with Gasteiger partial charge in [0.1, 0.15) is 0 Å². The molecule has 188 valence electrons. The largest absolute Gasteiger partial charge is 0.493 e. The quantitative estimate of drug-likeness (QED) is 0.547. The number of carbonyl (C=O) groups excluding carboxylic acids is 2. The molecule has 2 amide bonds. The van der Waals surface area contributed by atoms with E-state index in [1.165, 1.54) is 0 Å². The lowest BCUT2D eigenvalue weighted by molar-refractivity contribution is -0.134. The number of carbonyl (C=O) groups is 2. The number of nitrogens with zero attached hydrogens (tertiary/aromatic N) is 3. The number of fused-ring (bicyclic) bond motifs is 1. The van der Waals surface area contributed by atoms with Crippen LogP contribution in [-0.4, -0.2) is 80.6 Å². The molecule has 1 fully saturated rings. The summed E-state index contributed by atoms with van der Waals surface area (Å²) in [5.74, 6) is 1.45. The van der Waals surface area contributed by atoms with Crippen molar-refractivity contribution in [3.63, 3.8) is 0 Å². The highest BCUT2D eigenvalue weighted by atomic mass is 16.5. The molecule has 0 N–H and O–H groups in total. The lowest BCUT2D eigenvalue weighted by Crippen LogP contribution is -2.49. The van der Waals surface area contributed by atoms with E-state index in [4.69, 9.17) is 14.2 Å². The average molecular weight is 482 g/mol. The van der Waals surface area contributed by atoms with E-state index in [0.29, 0.717) is 42.4 Å². The molecule has 8 heteroatoms. The van der Waals surface area contributed by atoms with Gasteiger partial charge in [-0.1, -0.05) is 25.1 Å². The molecular formula is C27H35N3O5. The van der Waals surface area contributed by atoms with Crippen molar-refractivity contribution < 1.29 is 23.8 Å². The Kier molecular flexibility index (Phi) is 7.80. The fraction of sp³-hybridized carbons (Fsp3) is 0.481. The summed E-state index contributed by atoms with van der Waals surface area (Å²) in [4.78, 5) is 33.0. The molecule has 2 heterocycles. The molecule has 8 nitrogen and oxygen atoms in total. The molecule has 35 heavy (non-hydrogen) atoms. The molecule has 2 aromatic carbocycles. The van der Waals surface area contributed by atoms with Crippen LogP contribution >= 0.6 is 0 Å². The molecule has 0 aliphatic carbocycles. The Bertz CT molecular complexity index is 1040. The summed E-state index contributed by atoms with van der Waals surface area (Å²) in [6, 6.07) is 10.8. The second-order valence-corrected chi connectivity index (χ2v) is 8.99. The maximum atomic E-state index is 13.5. The number of piperazine rings is 1. The molecule has 0 radical (unpaired) electrons. The zero-order chi connectivity index (χ0) is 24.9. The molecule has 0 saturated carbocycles. The van der Waals surface area contributed by atoms with Crippen LogP contribution in [0.3, 0.4) is 0 Å². The normalized spacial score (nSPS) is 16.7. The third kappa shape index (κ3) is 5.07. The SMILES string of the molecule is CCCN1CCN(C(=O)CC(c2cc(OC)c(OC)c(OC)c2)N2Cc3ccccc3C2=O)CC1. The number of methoxy groups -OCH3 is 3. The van der Waals surface area contributed by atoms with Crippen LogP contribution in [-0.2, 0) is 11.3 Å². The van der Waals surface area contributed by atoms with E-state index in [1.807, 2.05) is 41.3 Å². The van der Waals surface area contributed by atoms with Crippen molar-refractivity contribution in [2.75, 3.05) is 54.1 Å². The van der Waals surface area contributed by atoms with E-state index in [2.05, 4.69) is 11.8 Å². The van der Waals surface area contributed by atoms with E-state index < -0.39 is 6.04 Å². The molecule has 0 bridgehead atoms. The minimum absolute atomic E-state index is 0.0451. The highest BCUT2D eigenvalue weighted by molar-refractivity contribution is 5.99. The standard InChI is InChI=1S/C27H35N3O5/c1-5-10-28-11-13-29(14-12-28)25(31)17-22(30-18-19-8-6-7-9-21(19)27(30)32)20-15-23(33-2)26(35-4)24(16-20)34-3/h6-9,15-16,22H,5,10-14,17-18H2,1-4H3. The van der Waals surface area contributed by atoms with Crippen molar-refractivity contribution in [1.82, 2.24) is 14.7 Å². The fourth-order valence-electron chi connectivity index (χ4n) is 5.06. The predicted octanol–water partition coefficient (Wildman–Crippen LogP) is 3.35. The van der Waals surface area contributed by atoms with E-state index in [0.717, 1.165) is 37.2 Å². The highest BCUT2D eigenvalue weighted by Gasteiger charge is 2.36. The molecule has 2 aromatic rings. The molecule has 0 spiro atoms. The number of hydrogen-bond acceptors (Lipinski definition) is 6. The number of rotatable bonds is 9. The molecular weight excluding hydrogens is 446 g/mol. The minimum atomic E-state index is -0.468. The van der Waals surface area contributed by atoms with E-state index in [9.17, 15) is 9.59 Å². The van der Waals surface area contributed by atoms with Crippen LogP contribution in [0.2, 0.25) is 0 Å². The van der Waals surface area contributed by atoms with Gasteiger partial charge in [-0.2, -0.15) is 0 Å². The lowest BCUT2D eigenvalue weighted by Gasteiger charge is -2.36. The molecule has 2 aliphatic rings. The number of amides is 2. The van der Waals surface area contributed by atoms with E-state index in [-0.39, 0.29) is 18.2 Å². The van der Waals surface area contributed by atoms with Gasteiger partial charge < -0.3 is 24.0 Å². The second-order valence-electron chi connectivity index (χ2n) is 8.99. The third-order valence-corrected chi connectivity index (χ3v) is 6.93. The van der Waals surface area contributed by atoms with E-state index in [1.54, 1.807) is 26.2 Å². The van der Waals surface area contributed by atoms with Crippen LogP contribution in [0.4, 0.5) is 0 Å². The topological polar surface area (TPSA) is 71.6 Å². The van der Waals surface area contributed by atoms with Gasteiger partial charge in [0.2, 0.25) is 11.7 Å². The summed E-state index contributed by atoms with van der Waals surface area (Å²) < 4.78 is 16.6. The smallest absolute Gasteiger partial charge is 0.255 e. The van der Waals surface area contributed by atoms with Gasteiger partial charge in [0, 0.05) is 38.3 Å². The molecule has 1 unspecified atom stereocenters. The Balaban J connectivity index is 1.65. The van der Waals surface area contributed by atoms with Gasteiger partial charge in [0.25, 0.3) is 5.91 Å². The van der Waals surface area contributed by atoms with Gasteiger partial charge in [-0.3, -0.25) is 14.5 Å². The molecule has 1 saturated heterocycles. The lowest BCUT2D eigenvalue weighted by atomic mass is 9.99. The monoisotopic (exact) mass is 481 g/mol. The molecule has 1 atom stereocenters. The molecule has 4 rings (SSSR count). The van der Waals surface area contributed by atoms with Crippen LogP contribution < -0.4 is 14.2 Å². The van der Waals surface area contributed by atoms with Gasteiger partial charge >= 0.3 is 0 Å². The fourth-order valence-corrected chi connectivity index (χ4v) is 5.06. The zero-order valence-corrected chi connectivity index (χ0v) is 21.1. The van der Waals surface area contributed by atoms with Crippen LogP contribution in [0.25, 0.3) is 0 Å². The van der Waals surface area contributed by atoms with Crippen LogP contribution in [0.1, 0.15) is 47.3 Å². The predicted molar refractivity (Wildman–Crippen MR) is 133 cm³/mol. The van der Waals surface area contributed by atoms with Crippen LogP contribution in [0, 0.1) is 0 Å². The first-order valence-corrected chi connectivity index (χ1v) is 12.2. The van der Waals surface area contributed by atoms with Gasteiger partial charge in [-0.05, 0) is 42.3 Å². The Morgan fingerprint density at radius 1 is 0.971 bits per heavy atom. The number of benzene rings is 2. The van der Waals surface area contributed by atoms with Crippen molar-refractivity contribution in [3.05, 3.63) is 53.1 Å². The van der Waals surface area contributed by atoms with Crippen molar-refractivity contribution >= 4 is 11.8 Å². The van der Waals surface area contributed by atoms with Crippen molar-refractivity contribution in [2.24, 2.45) is 0 Å². The van der Waals surface area contributed by atoms with Crippen LogP contribution in [0.15, 0.2) is 36.4 Å². The Hall–Kier alpha value is -3.26. The minimum Gasteiger partial charge on any atom is -0.493 e. The first kappa shape index (κ1) is 24.9. The summed E-state index contributed by atoms with van der Waals surface area (Å²) >= 11 is 0.